The zero-order valence-corrected chi connectivity index (χ0v) is 18.2. The van der Waals surface area contributed by atoms with E-state index in [9.17, 15) is 0 Å². The maximum atomic E-state index is 3.95. The number of aliphatic imine (C=N–C) groups is 1. The van der Waals surface area contributed by atoms with Gasteiger partial charge >= 0.3 is 0 Å². The number of anilines is 3. The van der Waals surface area contributed by atoms with Crippen LogP contribution in [0.25, 0.3) is 32.8 Å². The SMILES string of the molecule is C=NCc1ccc(-c2ccc(Nc3c(NCC)c4ccccc4c4[nH]ccc34)cc2)cc1. The second-order valence-electron chi connectivity index (χ2n) is 7.87. The Kier molecular flexibility index (Phi) is 5.34. The van der Waals surface area contributed by atoms with Crippen LogP contribution in [0.1, 0.15) is 12.5 Å². The minimum atomic E-state index is 0.649. The van der Waals surface area contributed by atoms with Gasteiger partial charge in [-0.3, -0.25) is 4.99 Å². The number of hydrogen-bond donors (Lipinski definition) is 3. The molecule has 0 atom stereocenters. The predicted molar refractivity (Wildman–Crippen MR) is 138 cm³/mol. The third-order valence-electron chi connectivity index (χ3n) is 5.82. The quantitative estimate of drug-likeness (QED) is 0.191. The Bertz CT molecular complexity index is 1380. The van der Waals surface area contributed by atoms with E-state index < -0.39 is 0 Å². The van der Waals surface area contributed by atoms with Gasteiger partial charge in [-0.15, -0.1) is 0 Å². The normalized spacial score (nSPS) is 11.0. The molecule has 0 radical (unpaired) electrons. The average Bonchev–Trinajstić information content (AvgIpc) is 3.33. The van der Waals surface area contributed by atoms with Crippen molar-refractivity contribution in [2.75, 3.05) is 17.2 Å². The van der Waals surface area contributed by atoms with Gasteiger partial charge in [-0.1, -0.05) is 60.7 Å². The van der Waals surface area contributed by atoms with Gasteiger partial charge in [-0.05, 0) is 48.5 Å². The number of nitrogens with zero attached hydrogens (tertiary/aromatic N) is 1. The van der Waals surface area contributed by atoms with Gasteiger partial charge in [0.2, 0.25) is 0 Å². The van der Waals surface area contributed by atoms with Crippen LogP contribution in [-0.2, 0) is 6.54 Å². The first kappa shape index (κ1) is 19.9. The number of aromatic nitrogens is 1. The molecule has 0 spiro atoms. The molecule has 32 heavy (non-hydrogen) atoms. The van der Waals surface area contributed by atoms with Crippen molar-refractivity contribution in [3.63, 3.8) is 0 Å². The van der Waals surface area contributed by atoms with E-state index in [1.807, 2.05) is 6.20 Å². The fraction of sp³-hybridized carbons (Fsp3) is 0.107. The maximum absolute atomic E-state index is 3.95. The second-order valence-corrected chi connectivity index (χ2v) is 7.87. The highest BCUT2D eigenvalue weighted by Crippen LogP contribution is 2.41. The van der Waals surface area contributed by atoms with E-state index in [0.29, 0.717) is 6.54 Å². The Morgan fingerprint density at radius 2 is 1.47 bits per heavy atom. The molecule has 158 valence electrons. The summed E-state index contributed by atoms with van der Waals surface area (Å²) >= 11 is 0. The molecule has 0 bridgehead atoms. The molecule has 5 aromatic rings. The van der Waals surface area contributed by atoms with Crippen LogP contribution in [0.2, 0.25) is 0 Å². The maximum Gasteiger partial charge on any atom is 0.0721 e. The molecule has 0 aliphatic carbocycles. The molecule has 1 aromatic heterocycles. The number of aromatic amines is 1. The molecule has 0 aliphatic heterocycles. The summed E-state index contributed by atoms with van der Waals surface area (Å²) < 4.78 is 0. The van der Waals surface area contributed by atoms with Crippen LogP contribution >= 0.6 is 0 Å². The first-order valence-corrected chi connectivity index (χ1v) is 10.9. The third kappa shape index (κ3) is 3.60. The summed E-state index contributed by atoms with van der Waals surface area (Å²) in [6.07, 6.45) is 2.01. The van der Waals surface area contributed by atoms with Crippen LogP contribution in [0, 0.1) is 0 Å². The number of nitrogens with one attached hydrogen (secondary N) is 3. The number of rotatable bonds is 7. The van der Waals surface area contributed by atoms with E-state index in [1.54, 1.807) is 0 Å². The lowest BCUT2D eigenvalue weighted by Crippen LogP contribution is -2.03. The largest absolute Gasteiger partial charge is 0.383 e. The summed E-state index contributed by atoms with van der Waals surface area (Å²) in [5, 5.41) is 10.9. The molecule has 1 heterocycles. The lowest BCUT2D eigenvalue weighted by Gasteiger charge is -2.18. The van der Waals surface area contributed by atoms with E-state index in [-0.39, 0.29) is 0 Å². The smallest absolute Gasteiger partial charge is 0.0721 e. The van der Waals surface area contributed by atoms with Gasteiger partial charge in [-0.25, -0.2) is 0 Å². The first-order valence-electron chi connectivity index (χ1n) is 10.9. The van der Waals surface area contributed by atoms with E-state index in [4.69, 9.17) is 0 Å². The minimum absolute atomic E-state index is 0.649. The molecular formula is C28H26N4. The van der Waals surface area contributed by atoms with Crippen molar-refractivity contribution >= 4 is 45.5 Å². The van der Waals surface area contributed by atoms with Crippen molar-refractivity contribution in [1.29, 1.82) is 0 Å². The molecule has 0 amide bonds. The van der Waals surface area contributed by atoms with Crippen molar-refractivity contribution in [1.82, 2.24) is 4.98 Å². The summed E-state index contributed by atoms with van der Waals surface area (Å²) in [5.74, 6) is 0. The number of hydrogen-bond acceptors (Lipinski definition) is 3. The standard InChI is InChI=1S/C28H26N4/c1-3-30-27-24-7-5-4-6-23(24)26-25(16-17-31-26)28(27)32-22-14-12-21(13-15-22)20-10-8-19(9-11-20)18-29-2/h4-17,30-32H,2-3,18H2,1H3. The molecule has 0 saturated carbocycles. The molecule has 0 saturated heterocycles. The first-order chi connectivity index (χ1) is 15.8. The zero-order chi connectivity index (χ0) is 21.9. The average molecular weight is 419 g/mol. The van der Waals surface area contributed by atoms with Crippen LogP contribution in [0.3, 0.4) is 0 Å². The molecule has 4 nitrogen and oxygen atoms in total. The number of fused-ring (bicyclic) bond motifs is 3. The number of H-pyrrole nitrogens is 1. The van der Waals surface area contributed by atoms with Crippen LogP contribution < -0.4 is 10.6 Å². The van der Waals surface area contributed by atoms with Gasteiger partial charge in [0.15, 0.2) is 0 Å². The van der Waals surface area contributed by atoms with Crippen LogP contribution in [0.15, 0.2) is 90.1 Å². The van der Waals surface area contributed by atoms with Gasteiger partial charge in [0, 0.05) is 34.6 Å². The lowest BCUT2D eigenvalue weighted by atomic mass is 10.0. The summed E-state index contributed by atoms with van der Waals surface area (Å²) in [7, 11) is 0. The molecule has 4 aromatic carbocycles. The Hall–Kier alpha value is -4.05. The van der Waals surface area contributed by atoms with Crippen molar-refractivity contribution < 1.29 is 0 Å². The summed E-state index contributed by atoms with van der Waals surface area (Å²) in [4.78, 5) is 7.37. The fourth-order valence-electron chi connectivity index (χ4n) is 4.30. The summed E-state index contributed by atoms with van der Waals surface area (Å²) in [6, 6.07) is 27.7. The molecule has 0 aliphatic rings. The molecule has 5 rings (SSSR count). The van der Waals surface area contributed by atoms with Crippen LogP contribution in [0.4, 0.5) is 17.1 Å². The molecule has 0 fully saturated rings. The topological polar surface area (TPSA) is 52.2 Å². The summed E-state index contributed by atoms with van der Waals surface area (Å²) in [5.41, 5.74) is 7.97. The van der Waals surface area contributed by atoms with E-state index in [1.165, 1.54) is 32.8 Å². The molecular weight excluding hydrogens is 392 g/mol. The second kappa shape index (κ2) is 8.60. The van der Waals surface area contributed by atoms with Crippen molar-refractivity contribution in [2.45, 2.75) is 13.5 Å². The highest BCUT2D eigenvalue weighted by molar-refractivity contribution is 6.19. The fourth-order valence-corrected chi connectivity index (χ4v) is 4.30. The number of benzene rings is 4. The highest BCUT2D eigenvalue weighted by Gasteiger charge is 2.15. The Balaban J connectivity index is 1.52. The predicted octanol–water partition coefficient (Wildman–Crippen LogP) is 7.36. The summed E-state index contributed by atoms with van der Waals surface area (Å²) in [6.45, 7) is 7.20. The Morgan fingerprint density at radius 1 is 0.781 bits per heavy atom. The van der Waals surface area contributed by atoms with Gasteiger partial charge < -0.3 is 15.6 Å². The van der Waals surface area contributed by atoms with E-state index >= 15 is 0 Å². The van der Waals surface area contributed by atoms with Crippen LogP contribution in [-0.4, -0.2) is 18.2 Å². The lowest BCUT2D eigenvalue weighted by molar-refractivity contribution is 1.08. The van der Waals surface area contributed by atoms with Crippen molar-refractivity contribution in [3.05, 3.63) is 90.6 Å². The van der Waals surface area contributed by atoms with E-state index in [2.05, 4.69) is 113 Å². The molecule has 4 heteroatoms. The van der Waals surface area contributed by atoms with Gasteiger partial charge in [0.1, 0.15) is 0 Å². The molecule has 3 N–H and O–H groups in total. The van der Waals surface area contributed by atoms with Gasteiger partial charge in [0.25, 0.3) is 0 Å². The van der Waals surface area contributed by atoms with Crippen molar-refractivity contribution in [3.8, 4) is 11.1 Å². The van der Waals surface area contributed by atoms with Gasteiger partial charge in [0.05, 0.1) is 23.4 Å². The van der Waals surface area contributed by atoms with Crippen LogP contribution in [0.5, 0.6) is 0 Å². The monoisotopic (exact) mass is 418 g/mol. The third-order valence-corrected chi connectivity index (χ3v) is 5.82. The molecule has 0 unspecified atom stereocenters. The minimum Gasteiger partial charge on any atom is -0.383 e. The van der Waals surface area contributed by atoms with Gasteiger partial charge in [-0.2, -0.15) is 0 Å². The highest BCUT2D eigenvalue weighted by atomic mass is 15.0. The Morgan fingerprint density at radius 3 is 2.16 bits per heavy atom. The van der Waals surface area contributed by atoms with E-state index in [0.717, 1.165) is 29.1 Å². The zero-order valence-electron chi connectivity index (χ0n) is 18.2. The Labute approximate surface area is 188 Å². The van der Waals surface area contributed by atoms with Crippen molar-refractivity contribution in [2.24, 2.45) is 4.99 Å².